The minimum atomic E-state index is -0.148. The van der Waals surface area contributed by atoms with Gasteiger partial charge < -0.3 is 4.90 Å². The average molecular weight is 618 g/mol. The van der Waals surface area contributed by atoms with Crippen LogP contribution in [0.4, 0.5) is 5.13 Å². The van der Waals surface area contributed by atoms with Gasteiger partial charge in [0, 0.05) is 30.0 Å². The molecule has 1 aromatic heterocycles. The van der Waals surface area contributed by atoms with E-state index in [0.717, 1.165) is 71.0 Å². The number of rotatable bonds is 10. The van der Waals surface area contributed by atoms with Crippen LogP contribution >= 0.6 is 23.1 Å². The summed E-state index contributed by atoms with van der Waals surface area (Å²) < 4.78 is 1.02. The molecule has 5 nitrogen and oxygen atoms in total. The molecule has 1 N–H and O–H groups in total. The normalized spacial score (nSPS) is 14.9. The molecule has 2 aromatic carbocycles. The Balaban J connectivity index is 1.32. The van der Waals surface area contributed by atoms with Crippen molar-refractivity contribution in [1.82, 2.24) is 9.88 Å². The first-order valence-corrected chi connectivity index (χ1v) is 17.2. The van der Waals surface area contributed by atoms with E-state index in [4.69, 9.17) is 0 Å². The number of likely N-dealkylation sites (tertiary alicyclic amines) is 1. The fourth-order valence-electron chi connectivity index (χ4n) is 5.33. The Hall–Kier alpha value is -2.90. The summed E-state index contributed by atoms with van der Waals surface area (Å²) in [5, 5.41) is 3.54. The minimum absolute atomic E-state index is 0.128. The number of aromatic nitrogens is 1. The molecule has 43 heavy (non-hydrogen) atoms. The highest BCUT2D eigenvalue weighted by Crippen LogP contribution is 2.33. The standard InChI is InChI=1S/C36H47N3O2S2/c1-23(2)29-15-17-39(18-16-29)34(41)31-20-28(19-24(3)26(31)5)22-42-32-21-37-35(43-32)38-33(40)30-13-11-27(12-14-30)10-9-25(4)36(6,7)8/h11-14,19-21,25,29H,1,9-10,15-18,22H2,2-8H3,(H,37,38,40). The highest BCUT2D eigenvalue weighted by Gasteiger charge is 2.25. The third kappa shape index (κ3) is 8.82. The maximum atomic E-state index is 13.5. The van der Waals surface area contributed by atoms with Crippen LogP contribution in [0.2, 0.25) is 0 Å². The van der Waals surface area contributed by atoms with Gasteiger partial charge in [-0.05, 0) is 104 Å². The van der Waals surface area contributed by atoms with Crippen molar-refractivity contribution >= 4 is 40.0 Å². The second kappa shape index (κ2) is 14.3. The molecule has 1 aliphatic heterocycles. The number of thioether (sulfide) groups is 1. The molecule has 0 radical (unpaired) electrons. The molecule has 230 valence electrons. The molecule has 1 aliphatic rings. The predicted molar refractivity (Wildman–Crippen MR) is 182 cm³/mol. The number of nitrogens with one attached hydrogen (secondary N) is 1. The largest absolute Gasteiger partial charge is 0.339 e. The summed E-state index contributed by atoms with van der Waals surface area (Å²) in [5.41, 5.74) is 7.50. The lowest BCUT2D eigenvalue weighted by atomic mass is 9.79. The van der Waals surface area contributed by atoms with Crippen LogP contribution in [0.15, 0.2) is 59.0 Å². The Morgan fingerprint density at radius 1 is 1.12 bits per heavy atom. The molecule has 1 fully saturated rings. The molecule has 2 amide bonds. The summed E-state index contributed by atoms with van der Waals surface area (Å²) >= 11 is 3.15. The zero-order valence-corrected chi connectivity index (χ0v) is 28.5. The van der Waals surface area contributed by atoms with Crippen LogP contribution in [0.1, 0.15) is 96.9 Å². The van der Waals surface area contributed by atoms with Gasteiger partial charge in [0.15, 0.2) is 5.13 Å². The third-order valence-corrected chi connectivity index (χ3v) is 11.3. The first-order chi connectivity index (χ1) is 20.3. The molecule has 4 rings (SSSR count). The van der Waals surface area contributed by atoms with Gasteiger partial charge >= 0.3 is 0 Å². The molecule has 0 bridgehead atoms. The monoisotopic (exact) mass is 617 g/mol. The van der Waals surface area contributed by atoms with Crippen molar-refractivity contribution in [2.45, 2.75) is 84.1 Å². The van der Waals surface area contributed by atoms with E-state index in [1.165, 1.54) is 22.5 Å². The number of hydrogen-bond donors (Lipinski definition) is 1. The van der Waals surface area contributed by atoms with E-state index in [0.29, 0.717) is 27.9 Å². The molecule has 1 unspecified atom stereocenters. The van der Waals surface area contributed by atoms with E-state index in [2.05, 4.69) is 82.7 Å². The summed E-state index contributed by atoms with van der Waals surface area (Å²) in [7, 11) is 0. The van der Waals surface area contributed by atoms with Gasteiger partial charge in [0.25, 0.3) is 11.8 Å². The Labute approximate surface area is 266 Å². The number of benzene rings is 2. The van der Waals surface area contributed by atoms with E-state index in [9.17, 15) is 9.59 Å². The average Bonchev–Trinajstić information content (AvgIpc) is 3.42. The lowest BCUT2D eigenvalue weighted by Crippen LogP contribution is -2.39. The fraction of sp³-hybridized carbons (Fsp3) is 0.472. The maximum absolute atomic E-state index is 13.5. The van der Waals surface area contributed by atoms with Crippen molar-refractivity contribution in [1.29, 1.82) is 0 Å². The van der Waals surface area contributed by atoms with E-state index < -0.39 is 0 Å². The van der Waals surface area contributed by atoms with E-state index in [1.54, 1.807) is 11.8 Å². The topological polar surface area (TPSA) is 62.3 Å². The number of amides is 2. The quantitative estimate of drug-likeness (QED) is 0.182. The lowest BCUT2D eigenvalue weighted by molar-refractivity contribution is 0.0701. The number of nitrogens with zero attached hydrogens (tertiary/aromatic N) is 2. The van der Waals surface area contributed by atoms with Crippen LogP contribution in [-0.2, 0) is 12.2 Å². The second-order valence-corrected chi connectivity index (χ2v) is 15.5. The minimum Gasteiger partial charge on any atom is -0.339 e. The van der Waals surface area contributed by atoms with Crippen molar-refractivity contribution in [3.8, 4) is 0 Å². The first-order valence-electron chi connectivity index (χ1n) is 15.4. The van der Waals surface area contributed by atoms with Crippen molar-refractivity contribution in [2.24, 2.45) is 17.3 Å². The summed E-state index contributed by atoms with van der Waals surface area (Å²) in [4.78, 5) is 32.8. The Morgan fingerprint density at radius 3 is 2.42 bits per heavy atom. The Morgan fingerprint density at radius 2 is 1.79 bits per heavy atom. The fourth-order valence-corrected chi connectivity index (χ4v) is 7.13. The van der Waals surface area contributed by atoms with Gasteiger partial charge in [0.2, 0.25) is 0 Å². The summed E-state index contributed by atoms with van der Waals surface area (Å²) in [6.45, 7) is 21.0. The number of carbonyl (C=O) groups is 2. The molecular weight excluding hydrogens is 571 g/mol. The van der Waals surface area contributed by atoms with E-state index in [-0.39, 0.29) is 11.8 Å². The number of piperidine rings is 1. The van der Waals surface area contributed by atoms with Gasteiger partial charge in [0.05, 0.1) is 10.4 Å². The summed E-state index contributed by atoms with van der Waals surface area (Å²) in [6, 6.07) is 12.1. The van der Waals surface area contributed by atoms with Crippen LogP contribution in [0.25, 0.3) is 0 Å². The van der Waals surface area contributed by atoms with Crippen LogP contribution in [0.3, 0.4) is 0 Å². The van der Waals surface area contributed by atoms with Gasteiger partial charge in [-0.3, -0.25) is 14.9 Å². The number of anilines is 1. The van der Waals surface area contributed by atoms with Gasteiger partial charge in [-0.15, -0.1) is 11.8 Å². The molecule has 2 heterocycles. The van der Waals surface area contributed by atoms with Crippen molar-refractivity contribution < 1.29 is 9.59 Å². The number of allylic oxidation sites excluding steroid dienone is 1. The number of carbonyl (C=O) groups excluding carboxylic acids is 2. The Bertz CT molecular complexity index is 1440. The number of thiazole rings is 1. The molecule has 7 heteroatoms. The molecule has 1 saturated heterocycles. The maximum Gasteiger partial charge on any atom is 0.257 e. The van der Waals surface area contributed by atoms with Gasteiger partial charge in [-0.25, -0.2) is 4.98 Å². The third-order valence-electron chi connectivity index (χ3n) is 9.08. The summed E-state index contributed by atoms with van der Waals surface area (Å²) in [5.74, 6) is 1.85. The van der Waals surface area contributed by atoms with Crippen molar-refractivity contribution in [3.05, 3.63) is 88.1 Å². The van der Waals surface area contributed by atoms with Gasteiger partial charge in [0.1, 0.15) is 0 Å². The van der Waals surface area contributed by atoms with Crippen molar-refractivity contribution in [2.75, 3.05) is 18.4 Å². The zero-order chi connectivity index (χ0) is 31.3. The number of aryl methyl sites for hydroxylation is 2. The number of hydrogen-bond acceptors (Lipinski definition) is 5. The van der Waals surface area contributed by atoms with E-state index >= 15 is 0 Å². The van der Waals surface area contributed by atoms with Crippen LogP contribution in [0.5, 0.6) is 0 Å². The molecule has 0 saturated carbocycles. The smallest absolute Gasteiger partial charge is 0.257 e. The first kappa shape index (κ1) is 33.0. The molecular formula is C36H47N3O2S2. The Kier molecular flexibility index (Phi) is 10.9. The zero-order valence-electron chi connectivity index (χ0n) is 26.9. The molecule has 3 aromatic rings. The van der Waals surface area contributed by atoms with E-state index in [1.807, 2.05) is 30.2 Å². The molecule has 0 spiro atoms. The van der Waals surface area contributed by atoms with Crippen LogP contribution in [-0.4, -0.2) is 34.8 Å². The van der Waals surface area contributed by atoms with Crippen LogP contribution < -0.4 is 5.32 Å². The summed E-state index contributed by atoms with van der Waals surface area (Å²) in [6.07, 6.45) is 5.92. The highest BCUT2D eigenvalue weighted by molar-refractivity contribution is 8.00. The van der Waals surface area contributed by atoms with Crippen LogP contribution in [0, 0.1) is 31.1 Å². The highest BCUT2D eigenvalue weighted by atomic mass is 32.2. The second-order valence-electron chi connectivity index (χ2n) is 13.2. The lowest BCUT2D eigenvalue weighted by Gasteiger charge is -2.33. The molecule has 0 aliphatic carbocycles. The molecule has 1 atom stereocenters. The van der Waals surface area contributed by atoms with Gasteiger partial charge in [-0.2, -0.15) is 0 Å². The SMILES string of the molecule is C=C(C)C1CCN(C(=O)c2cc(CSc3cnc(NC(=O)c4ccc(CCC(C)C(C)(C)C)cc4)s3)cc(C)c2C)CC1. The van der Waals surface area contributed by atoms with Gasteiger partial charge in [-0.1, -0.05) is 69.4 Å². The van der Waals surface area contributed by atoms with Crippen molar-refractivity contribution in [3.63, 3.8) is 0 Å². The predicted octanol–water partition coefficient (Wildman–Crippen LogP) is 9.35.